The van der Waals surface area contributed by atoms with Crippen molar-refractivity contribution in [2.75, 3.05) is 19.6 Å². The van der Waals surface area contributed by atoms with Crippen LogP contribution in [0.5, 0.6) is 0 Å². The smallest absolute Gasteiger partial charge is 0.407 e. The van der Waals surface area contributed by atoms with Crippen LogP contribution in [-0.4, -0.2) is 48.8 Å². The van der Waals surface area contributed by atoms with Gasteiger partial charge in [-0.25, -0.2) is 4.79 Å². The Morgan fingerprint density at radius 2 is 1.68 bits per heavy atom. The van der Waals surface area contributed by atoms with E-state index in [0.717, 1.165) is 30.3 Å². The van der Waals surface area contributed by atoms with Gasteiger partial charge in [0.2, 0.25) is 0 Å². The van der Waals surface area contributed by atoms with Crippen LogP contribution in [0.15, 0.2) is 65.1 Å². The number of halogens is 1. The summed E-state index contributed by atoms with van der Waals surface area (Å²) in [5.74, 6) is -0.818. The predicted molar refractivity (Wildman–Crippen MR) is 148 cm³/mol. The number of fused-ring (bicyclic) bond motifs is 1. The van der Waals surface area contributed by atoms with Crippen LogP contribution in [0.2, 0.25) is 0 Å². The number of alkyl carbamates (subject to hydrolysis) is 1. The number of carboxylic acids is 1. The summed E-state index contributed by atoms with van der Waals surface area (Å²) in [7, 11) is 0. The lowest BCUT2D eigenvalue weighted by atomic mass is 10.1. The van der Waals surface area contributed by atoms with Crippen LogP contribution in [0.1, 0.15) is 54.6 Å². The number of ether oxygens (including phenoxy) is 1. The monoisotopic (exact) mass is 545 g/mol. The average Bonchev–Trinajstić information content (AvgIpc) is 3.34. The largest absolute Gasteiger partial charge is 0.481 e. The van der Waals surface area contributed by atoms with Crippen molar-refractivity contribution in [2.45, 2.75) is 51.2 Å². The van der Waals surface area contributed by atoms with Gasteiger partial charge in [0.25, 0.3) is 5.91 Å². The molecular weight excluding hydrogens is 510 g/mol. The standard InChI is InChI=1S/C28H35N3O6.ClH/c32-26(33)15-5-2-8-16-29-19-23(31-27(34)25-18-22-12-6-7-14-24(22)37-25)13-9-17-30-28(35)36-20-21-10-3-1-4-11-21;/h1,3-4,6-7,10-12,14,18,23,29H,2,5,8-9,13,15-17,19-20H2,(H,30,35)(H,31,34)(H,32,33);1H/t23-;/m0./s1. The molecule has 0 saturated heterocycles. The van der Waals surface area contributed by atoms with E-state index in [1.54, 1.807) is 6.07 Å². The second kappa shape index (κ2) is 17.0. The molecule has 0 spiro atoms. The van der Waals surface area contributed by atoms with Crippen LogP contribution < -0.4 is 16.0 Å². The van der Waals surface area contributed by atoms with Crippen LogP contribution in [0.3, 0.4) is 0 Å². The lowest BCUT2D eigenvalue weighted by Crippen LogP contribution is -2.42. The molecule has 206 valence electrons. The van der Waals surface area contributed by atoms with Crippen LogP contribution in [0, 0.1) is 0 Å². The Morgan fingerprint density at radius 1 is 0.921 bits per heavy atom. The van der Waals surface area contributed by atoms with Crippen LogP contribution in [0.25, 0.3) is 11.0 Å². The number of benzene rings is 2. The van der Waals surface area contributed by atoms with Gasteiger partial charge in [0, 0.05) is 30.9 Å². The molecule has 9 nitrogen and oxygen atoms in total. The van der Waals surface area contributed by atoms with Gasteiger partial charge in [-0.3, -0.25) is 9.59 Å². The number of aliphatic carboxylic acids is 1. The van der Waals surface area contributed by atoms with E-state index >= 15 is 0 Å². The Hall–Kier alpha value is -3.56. The van der Waals surface area contributed by atoms with Gasteiger partial charge in [0.05, 0.1) is 0 Å². The number of unbranched alkanes of at least 4 members (excludes halogenated alkanes) is 2. The normalized spacial score (nSPS) is 11.4. The van der Waals surface area contributed by atoms with Crippen LogP contribution >= 0.6 is 12.4 Å². The summed E-state index contributed by atoms with van der Waals surface area (Å²) in [6.07, 6.45) is 3.30. The maximum absolute atomic E-state index is 12.8. The maximum atomic E-state index is 12.8. The van der Waals surface area contributed by atoms with Crippen molar-refractivity contribution >= 4 is 41.3 Å². The zero-order valence-corrected chi connectivity index (χ0v) is 22.1. The number of carbonyl (C=O) groups excluding carboxylic acids is 2. The molecule has 0 radical (unpaired) electrons. The third kappa shape index (κ3) is 11.2. The Morgan fingerprint density at radius 3 is 2.45 bits per heavy atom. The summed E-state index contributed by atoms with van der Waals surface area (Å²) in [6, 6.07) is 18.5. The quantitative estimate of drug-likeness (QED) is 0.188. The average molecular weight is 546 g/mol. The first kappa shape index (κ1) is 30.7. The Bertz CT molecular complexity index is 1100. The molecule has 0 aliphatic rings. The number of para-hydroxylation sites is 1. The molecule has 0 aliphatic carbocycles. The van der Waals surface area contributed by atoms with E-state index in [4.69, 9.17) is 14.3 Å². The second-order valence-electron chi connectivity index (χ2n) is 8.86. The molecule has 38 heavy (non-hydrogen) atoms. The van der Waals surface area contributed by atoms with Crippen molar-refractivity contribution in [2.24, 2.45) is 0 Å². The fourth-order valence-electron chi connectivity index (χ4n) is 3.87. The van der Waals surface area contributed by atoms with Crippen molar-refractivity contribution in [1.29, 1.82) is 0 Å². The molecule has 0 bridgehead atoms. The summed E-state index contributed by atoms with van der Waals surface area (Å²) in [5, 5.41) is 18.7. The number of hydrogen-bond acceptors (Lipinski definition) is 6. The van der Waals surface area contributed by atoms with Crippen molar-refractivity contribution in [1.82, 2.24) is 16.0 Å². The number of carboxylic acid groups (broad SMARTS) is 1. The number of rotatable bonds is 16. The van der Waals surface area contributed by atoms with Gasteiger partial charge in [-0.1, -0.05) is 55.0 Å². The minimum absolute atomic E-state index is 0. The fraction of sp³-hybridized carbons (Fsp3) is 0.393. The summed E-state index contributed by atoms with van der Waals surface area (Å²) < 4.78 is 10.9. The van der Waals surface area contributed by atoms with E-state index in [1.165, 1.54) is 0 Å². The molecule has 0 fully saturated rings. The van der Waals surface area contributed by atoms with Crippen molar-refractivity contribution in [3.8, 4) is 0 Å². The number of carbonyl (C=O) groups is 3. The van der Waals surface area contributed by atoms with E-state index in [0.29, 0.717) is 37.9 Å². The van der Waals surface area contributed by atoms with Crippen molar-refractivity contribution in [3.05, 3.63) is 72.0 Å². The Labute approximate surface area is 228 Å². The van der Waals surface area contributed by atoms with Crippen molar-refractivity contribution in [3.63, 3.8) is 0 Å². The molecule has 0 aliphatic heterocycles. The highest BCUT2D eigenvalue weighted by Gasteiger charge is 2.17. The zero-order valence-electron chi connectivity index (χ0n) is 21.3. The lowest BCUT2D eigenvalue weighted by Gasteiger charge is -2.19. The maximum Gasteiger partial charge on any atom is 0.407 e. The molecule has 2 aromatic carbocycles. The minimum Gasteiger partial charge on any atom is -0.481 e. The predicted octanol–water partition coefficient (Wildman–Crippen LogP) is 4.89. The van der Waals surface area contributed by atoms with Gasteiger partial charge in [0.1, 0.15) is 12.2 Å². The minimum atomic E-state index is -0.779. The van der Waals surface area contributed by atoms with Gasteiger partial charge in [-0.15, -0.1) is 12.4 Å². The Kier molecular flexibility index (Phi) is 13.8. The summed E-state index contributed by atoms with van der Waals surface area (Å²) in [5.41, 5.74) is 1.57. The summed E-state index contributed by atoms with van der Waals surface area (Å²) >= 11 is 0. The fourth-order valence-corrected chi connectivity index (χ4v) is 3.87. The Balaban J connectivity index is 0.00000507. The topological polar surface area (TPSA) is 130 Å². The third-order valence-corrected chi connectivity index (χ3v) is 5.83. The molecule has 2 amide bonds. The van der Waals surface area contributed by atoms with Gasteiger partial charge in [-0.2, -0.15) is 0 Å². The molecule has 0 saturated carbocycles. The number of amides is 2. The van der Waals surface area contributed by atoms with E-state index in [2.05, 4.69) is 16.0 Å². The molecule has 10 heteroatoms. The first-order valence-corrected chi connectivity index (χ1v) is 12.7. The number of nitrogens with one attached hydrogen (secondary N) is 3. The van der Waals surface area contributed by atoms with Crippen LogP contribution in [-0.2, 0) is 16.1 Å². The van der Waals surface area contributed by atoms with Gasteiger partial charge in [0.15, 0.2) is 5.76 Å². The van der Waals surface area contributed by atoms with E-state index in [1.807, 2.05) is 54.6 Å². The molecule has 3 aromatic rings. The highest BCUT2D eigenvalue weighted by molar-refractivity contribution is 5.96. The lowest BCUT2D eigenvalue weighted by molar-refractivity contribution is -0.137. The van der Waals surface area contributed by atoms with Crippen molar-refractivity contribution < 1.29 is 28.6 Å². The highest BCUT2D eigenvalue weighted by atomic mass is 35.5. The molecule has 4 N–H and O–H groups in total. The van der Waals surface area contributed by atoms with E-state index < -0.39 is 12.1 Å². The van der Waals surface area contributed by atoms with Gasteiger partial charge < -0.3 is 30.2 Å². The van der Waals surface area contributed by atoms with Gasteiger partial charge >= 0.3 is 12.1 Å². The first-order chi connectivity index (χ1) is 18.0. The second-order valence-corrected chi connectivity index (χ2v) is 8.86. The summed E-state index contributed by atoms with van der Waals surface area (Å²) in [6.45, 7) is 1.89. The number of furan rings is 1. The molecule has 1 heterocycles. The molecule has 1 atom stereocenters. The molecule has 0 unspecified atom stereocenters. The highest BCUT2D eigenvalue weighted by Crippen LogP contribution is 2.18. The summed E-state index contributed by atoms with van der Waals surface area (Å²) in [4.78, 5) is 35.5. The molecule has 3 rings (SSSR count). The first-order valence-electron chi connectivity index (χ1n) is 12.7. The van der Waals surface area contributed by atoms with Crippen LogP contribution in [0.4, 0.5) is 4.79 Å². The third-order valence-electron chi connectivity index (χ3n) is 5.83. The van der Waals surface area contributed by atoms with E-state index in [9.17, 15) is 14.4 Å². The van der Waals surface area contributed by atoms with Gasteiger partial charge in [-0.05, 0) is 49.9 Å². The molecule has 1 aromatic heterocycles. The SMILES string of the molecule is Cl.O=C(O)CCCCCNC[C@H](CCCNC(=O)OCc1ccccc1)NC(=O)c1cc2ccccc2o1. The molecular formula is C28H36ClN3O6. The zero-order chi connectivity index (χ0) is 26.3. The number of hydrogen-bond donors (Lipinski definition) is 4. The van der Waals surface area contributed by atoms with E-state index in [-0.39, 0.29) is 43.1 Å².